The van der Waals surface area contributed by atoms with Crippen molar-refractivity contribution in [2.45, 2.75) is 12.6 Å². The number of hydrogen-bond donors (Lipinski definition) is 2. The van der Waals surface area contributed by atoms with Gasteiger partial charge < -0.3 is 10.8 Å². The SMILES string of the molecule is CN1CC(C(=O)O)CC1N. The number of rotatable bonds is 1. The van der Waals surface area contributed by atoms with Crippen molar-refractivity contribution < 1.29 is 9.90 Å². The summed E-state index contributed by atoms with van der Waals surface area (Å²) in [6, 6.07) is 0. The fourth-order valence-corrected chi connectivity index (χ4v) is 1.21. The van der Waals surface area contributed by atoms with Crippen molar-refractivity contribution in [1.29, 1.82) is 0 Å². The molecule has 4 heteroatoms. The van der Waals surface area contributed by atoms with Crippen LogP contribution < -0.4 is 5.73 Å². The van der Waals surface area contributed by atoms with Crippen LogP contribution in [0.4, 0.5) is 0 Å². The lowest BCUT2D eigenvalue weighted by Crippen LogP contribution is -2.32. The summed E-state index contributed by atoms with van der Waals surface area (Å²) in [7, 11) is 1.84. The van der Waals surface area contributed by atoms with Gasteiger partial charge in [0.15, 0.2) is 0 Å². The minimum absolute atomic E-state index is 0.0684. The van der Waals surface area contributed by atoms with Gasteiger partial charge in [-0.25, -0.2) is 0 Å². The van der Waals surface area contributed by atoms with E-state index in [1.807, 2.05) is 11.9 Å². The Hall–Kier alpha value is -0.610. The molecule has 0 aromatic carbocycles. The molecule has 1 fully saturated rings. The summed E-state index contributed by atoms with van der Waals surface area (Å²) >= 11 is 0. The largest absolute Gasteiger partial charge is 0.481 e. The van der Waals surface area contributed by atoms with E-state index < -0.39 is 5.97 Å². The highest BCUT2D eigenvalue weighted by Gasteiger charge is 2.31. The summed E-state index contributed by atoms with van der Waals surface area (Å²) in [5.74, 6) is -1.00. The first-order chi connectivity index (χ1) is 4.61. The third kappa shape index (κ3) is 1.27. The lowest BCUT2D eigenvalue weighted by atomic mass is 10.1. The molecule has 1 rings (SSSR count). The molecule has 0 spiro atoms. The molecule has 1 aliphatic heterocycles. The van der Waals surface area contributed by atoms with Gasteiger partial charge >= 0.3 is 5.97 Å². The van der Waals surface area contributed by atoms with Gasteiger partial charge in [0.1, 0.15) is 0 Å². The molecule has 1 aliphatic rings. The average molecular weight is 144 g/mol. The van der Waals surface area contributed by atoms with Crippen LogP contribution in [-0.4, -0.2) is 35.7 Å². The van der Waals surface area contributed by atoms with Gasteiger partial charge in [0.05, 0.1) is 12.1 Å². The van der Waals surface area contributed by atoms with E-state index in [-0.39, 0.29) is 12.1 Å². The predicted octanol–water partition coefficient (Wildman–Crippen LogP) is -0.692. The lowest BCUT2D eigenvalue weighted by molar-refractivity contribution is -0.141. The molecule has 0 aromatic heterocycles. The number of carbonyl (C=O) groups is 1. The maximum absolute atomic E-state index is 10.4. The topological polar surface area (TPSA) is 66.6 Å². The number of carboxylic acid groups (broad SMARTS) is 1. The summed E-state index contributed by atoms with van der Waals surface area (Å²) < 4.78 is 0. The van der Waals surface area contributed by atoms with Gasteiger partial charge in [-0.15, -0.1) is 0 Å². The first-order valence-electron chi connectivity index (χ1n) is 3.30. The van der Waals surface area contributed by atoms with Crippen LogP contribution in [0.2, 0.25) is 0 Å². The molecule has 10 heavy (non-hydrogen) atoms. The molecular formula is C6H12N2O2. The number of hydrogen-bond acceptors (Lipinski definition) is 3. The average Bonchev–Trinajstić information content (AvgIpc) is 2.13. The Morgan fingerprint density at radius 2 is 2.40 bits per heavy atom. The van der Waals surface area contributed by atoms with Crippen LogP contribution >= 0.6 is 0 Å². The lowest BCUT2D eigenvalue weighted by Gasteiger charge is -2.12. The number of carboxylic acids is 1. The Labute approximate surface area is 59.6 Å². The van der Waals surface area contributed by atoms with Crippen molar-refractivity contribution in [3.8, 4) is 0 Å². The molecule has 0 aromatic rings. The highest BCUT2D eigenvalue weighted by Crippen LogP contribution is 2.17. The summed E-state index contributed by atoms with van der Waals surface area (Å²) in [5, 5.41) is 8.57. The van der Waals surface area contributed by atoms with E-state index in [0.717, 1.165) is 0 Å². The minimum Gasteiger partial charge on any atom is -0.481 e. The van der Waals surface area contributed by atoms with E-state index in [4.69, 9.17) is 10.8 Å². The quantitative estimate of drug-likeness (QED) is 0.511. The maximum atomic E-state index is 10.4. The fraction of sp³-hybridized carbons (Fsp3) is 0.833. The third-order valence-electron chi connectivity index (χ3n) is 1.95. The van der Waals surface area contributed by atoms with E-state index in [2.05, 4.69) is 0 Å². The maximum Gasteiger partial charge on any atom is 0.307 e. The molecule has 1 heterocycles. The number of likely N-dealkylation sites (tertiary alicyclic amines) is 1. The van der Waals surface area contributed by atoms with E-state index in [1.165, 1.54) is 0 Å². The van der Waals surface area contributed by atoms with Gasteiger partial charge in [-0.05, 0) is 13.5 Å². The molecule has 2 unspecified atom stereocenters. The summed E-state index contributed by atoms with van der Waals surface area (Å²) in [4.78, 5) is 12.3. The Balaban J connectivity index is 2.49. The van der Waals surface area contributed by atoms with E-state index in [1.54, 1.807) is 0 Å². The highest BCUT2D eigenvalue weighted by atomic mass is 16.4. The molecule has 3 N–H and O–H groups in total. The van der Waals surface area contributed by atoms with Crippen LogP contribution in [-0.2, 0) is 4.79 Å². The number of nitrogens with two attached hydrogens (primary N) is 1. The molecule has 0 amide bonds. The predicted molar refractivity (Wildman–Crippen MR) is 36.3 cm³/mol. The Kier molecular flexibility index (Phi) is 1.92. The molecule has 4 nitrogen and oxygen atoms in total. The zero-order valence-electron chi connectivity index (χ0n) is 5.95. The van der Waals surface area contributed by atoms with E-state index in [9.17, 15) is 4.79 Å². The van der Waals surface area contributed by atoms with Crippen molar-refractivity contribution in [3.63, 3.8) is 0 Å². The van der Waals surface area contributed by atoms with Gasteiger partial charge in [0.2, 0.25) is 0 Å². The molecule has 2 atom stereocenters. The van der Waals surface area contributed by atoms with Crippen LogP contribution in [0.1, 0.15) is 6.42 Å². The standard InChI is InChI=1S/C6H12N2O2/c1-8-3-4(6(9)10)2-5(8)7/h4-5H,2-3,7H2,1H3,(H,9,10). The van der Waals surface area contributed by atoms with Gasteiger partial charge in [-0.2, -0.15) is 0 Å². The summed E-state index contributed by atoms with van der Waals surface area (Å²) in [6.45, 7) is 0.580. The molecular weight excluding hydrogens is 132 g/mol. The fourth-order valence-electron chi connectivity index (χ4n) is 1.21. The van der Waals surface area contributed by atoms with Crippen molar-refractivity contribution in [1.82, 2.24) is 4.90 Å². The van der Waals surface area contributed by atoms with Gasteiger partial charge in [0, 0.05) is 6.54 Å². The second kappa shape index (κ2) is 2.56. The van der Waals surface area contributed by atoms with E-state index in [0.29, 0.717) is 13.0 Å². The zero-order chi connectivity index (χ0) is 7.72. The smallest absolute Gasteiger partial charge is 0.307 e. The van der Waals surface area contributed by atoms with Gasteiger partial charge in [0.25, 0.3) is 0 Å². The number of aliphatic carboxylic acids is 1. The second-order valence-electron chi connectivity index (χ2n) is 2.78. The Morgan fingerprint density at radius 1 is 1.80 bits per heavy atom. The first kappa shape index (κ1) is 7.50. The van der Waals surface area contributed by atoms with Crippen LogP contribution in [0.3, 0.4) is 0 Å². The third-order valence-corrected chi connectivity index (χ3v) is 1.95. The van der Waals surface area contributed by atoms with Crippen LogP contribution in [0.15, 0.2) is 0 Å². The second-order valence-corrected chi connectivity index (χ2v) is 2.78. The monoisotopic (exact) mass is 144 g/mol. The first-order valence-corrected chi connectivity index (χ1v) is 3.30. The molecule has 1 saturated heterocycles. The Morgan fingerprint density at radius 3 is 2.60 bits per heavy atom. The van der Waals surface area contributed by atoms with Crippen molar-refractivity contribution in [2.24, 2.45) is 11.7 Å². The zero-order valence-corrected chi connectivity index (χ0v) is 5.95. The van der Waals surface area contributed by atoms with Crippen molar-refractivity contribution >= 4 is 5.97 Å². The van der Waals surface area contributed by atoms with Crippen LogP contribution in [0.25, 0.3) is 0 Å². The molecule has 58 valence electrons. The van der Waals surface area contributed by atoms with Gasteiger partial charge in [-0.1, -0.05) is 0 Å². The summed E-state index contributed by atoms with van der Waals surface area (Å²) in [6.07, 6.45) is 0.507. The highest BCUT2D eigenvalue weighted by molar-refractivity contribution is 5.70. The molecule has 0 saturated carbocycles. The summed E-state index contributed by atoms with van der Waals surface area (Å²) in [5.41, 5.74) is 5.57. The van der Waals surface area contributed by atoms with E-state index >= 15 is 0 Å². The Bertz CT molecular complexity index is 139. The van der Waals surface area contributed by atoms with Crippen molar-refractivity contribution in [2.75, 3.05) is 13.6 Å². The minimum atomic E-state index is -0.736. The van der Waals surface area contributed by atoms with Crippen LogP contribution in [0, 0.1) is 5.92 Å². The molecule has 0 radical (unpaired) electrons. The van der Waals surface area contributed by atoms with Crippen molar-refractivity contribution in [3.05, 3.63) is 0 Å². The van der Waals surface area contributed by atoms with Crippen LogP contribution in [0.5, 0.6) is 0 Å². The van der Waals surface area contributed by atoms with Gasteiger partial charge in [-0.3, -0.25) is 9.69 Å². The number of nitrogens with zero attached hydrogens (tertiary/aromatic N) is 1. The molecule has 0 bridgehead atoms. The molecule has 0 aliphatic carbocycles. The normalized spacial score (nSPS) is 34.6.